The molecule has 0 aromatic carbocycles. The van der Waals surface area contributed by atoms with Gasteiger partial charge in [-0.05, 0) is 12.3 Å². The first-order valence-corrected chi connectivity index (χ1v) is 2.85. The van der Waals surface area contributed by atoms with Crippen LogP contribution in [0.2, 0.25) is 0 Å². The van der Waals surface area contributed by atoms with Crippen LogP contribution in [0, 0.1) is 0 Å². The second-order valence-electron chi connectivity index (χ2n) is 1.03. The lowest BCUT2D eigenvalue weighted by molar-refractivity contribution is 0.921. The molecule has 0 saturated carbocycles. The van der Waals surface area contributed by atoms with Crippen LogP contribution in [0.4, 0.5) is 0 Å². The average Bonchev–Trinajstić information content (AvgIpc) is 1.93. The number of allylic oxidation sites excluding steroid dienone is 1. The van der Waals surface area contributed by atoms with Gasteiger partial charge in [-0.15, -0.1) is 0 Å². The monoisotopic (exact) mass is 129 g/mol. The lowest BCUT2D eigenvalue weighted by atomic mass is 10.5. The number of rotatable bonds is 2. The Bertz CT molecular complexity index is 86.3. The van der Waals surface area contributed by atoms with Gasteiger partial charge in [0, 0.05) is 5.70 Å². The second kappa shape index (κ2) is 10.1. The van der Waals surface area contributed by atoms with Crippen LogP contribution in [-0.2, 0) is 0 Å². The SMILES string of the molecule is C=C(/C=C\N)NN.CC. The Balaban J connectivity index is 0. The topological polar surface area (TPSA) is 64.1 Å². The molecule has 0 aliphatic carbocycles. The molecular formula is C6H15N3. The molecule has 5 N–H and O–H groups in total. The molecule has 3 heteroatoms. The molecule has 0 heterocycles. The van der Waals surface area contributed by atoms with Crippen molar-refractivity contribution in [3.63, 3.8) is 0 Å². The van der Waals surface area contributed by atoms with Crippen molar-refractivity contribution < 1.29 is 0 Å². The van der Waals surface area contributed by atoms with E-state index in [0.717, 1.165) is 0 Å². The molecule has 3 nitrogen and oxygen atoms in total. The Labute approximate surface area is 56.4 Å². The summed E-state index contributed by atoms with van der Waals surface area (Å²) in [6.45, 7) is 7.46. The van der Waals surface area contributed by atoms with E-state index >= 15 is 0 Å². The first-order valence-electron chi connectivity index (χ1n) is 2.85. The van der Waals surface area contributed by atoms with Gasteiger partial charge in [-0.1, -0.05) is 20.4 Å². The van der Waals surface area contributed by atoms with Gasteiger partial charge in [-0.3, -0.25) is 5.84 Å². The van der Waals surface area contributed by atoms with E-state index in [4.69, 9.17) is 11.6 Å². The molecule has 0 atom stereocenters. The normalized spacial score (nSPS) is 7.89. The van der Waals surface area contributed by atoms with E-state index in [1.54, 1.807) is 6.08 Å². The number of hydrogen-bond donors (Lipinski definition) is 3. The van der Waals surface area contributed by atoms with Gasteiger partial charge in [-0.2, -0.15) is 0 Å². The lowest BCUT2D eigenvalue weighted by Gasteiger charge is -1.91. The summed E-state index contributed by atoms with van der Waals surface area (Å²) in [6, 6.07) is 0. The Morgan fingerprint density at radius 2 is 2.00 bits per heavy atom. The predicted octanol–water partition coefficient (Wildman–Crippen LogP) is 0.462. The van der Waals surface area contributed by atoms with Crippen molar-refractivity contribution in [2.45, 2.75) is 13.8 Å². The van der Waals surface area contributed by atoms with E-state index in [1.165, 1.54) is 6.20 Å². The molecule has 0 fully saturated rings. The van der Waals surface area contributed by atoms with Gasteiger partial charge in [0.25, 0.3) is 0 Å². The Morgan fingerprint density at radius 3 is 2.11 bits per heavy atom. The van der Waals surface area contributed by atoms with E-state index in [2.05, 4.69) is 12.0 Å². The van der Waals surface area contributed by atoms with E-state index in [1.807, 2.05) is 13.8 Å². The van der Waals surface area contributed by atoms with Crippen LogP contribution >= 0.6 is 0 Å². The summed E-state index contributed by atoms with van der Waals surface area (Å²) in [7, 11) is 0. The highest BCUT2D eigenvalue weighted by Gasteiger charge is 1.72. The van der Waals surface area contributed by atoms with E-state index < -0.39 is 0 Å². The molecule has 0 spiro atoms. The molecule has 54 valence electrons. The zero-order chi connectivity index (χ0) is 7.70. The molecule has 0 aromatic rings. The van der Waals surface area contributed by atoms with Crippen molar-refractivity contribution in [3.8, 4) is 0 Å². The van der Waals surface area contributed by atoms with Gasteiger partial charge in [0.1, 0.15) is 0 Å². The fraction of sp³-hybridized carbons (Fsp3) is 0.333. The zero-order valence-electron chi connectivity index (χ0n) is 6.02. The van der Waals surface area contributed by atoms with Crippen molar-refractivity contribution in [2.24, 2.45) is 11.6 Å². The minimum absolute atomic E-state index is 0.600. The number of hydrogen-bond acceptors (Lipinski definition) is 3. The van der Waals surface area contributed by atoms with Crippen LogP contribution in [0.25, 0.3) is 0 Å². The minimum atomic E-state index is 0.600. The van der Waals surface area contributed by atoms with Gasteiger partial charge < -0.3 is 11.2 Å². The Morgan fingerprint density at radius 1 is 1.56 bits per heavy atom. The van der Waals surface area contributed by atoms with Gasteiger partial charge in [0.15, 0.2) is 0 Å². The maximum atomic E-state index is 4.97. The molecule has 0 aromatic heterocycles. The maximum absolute atomic E-state index is 4.97. The fourth-order valence-electron chi connectivity index (χ4n) is 0.164. The van der Waals surface area contributed by atoms with Crippen LogP contribution in [0.5, 0.6) is 0 Å². The molecule has 0 radical (unpaired) electrons. The van der Waals surface area contributed by atoms with Crippen molar-refractivity contribution in [1.82, 2.24) is 5.43 Å². The van der Waals surface area contributed by atoms with Gasteiger partial charge in [0.2, 0.25) is 0 Å². The van der Waals surface area contributed by atoms with E-state index in [0.29, 0.717) is 5.70 Å². The lowest BCUT2D eigenvalue weighted by Crippen LogP contribution is -2.18. The minimum Gasteiger partial charge on any atom is -0.405 e. The third-order valence-corrected chi connectivity index (χ3v) is 0.483. The molecule has 0 aliphatic rings. The average molecular weight is 129 g/mol. The third kappa shape index (κ3) is 11.0. The summed E-state index contributed by atoms with van der Waals surface area (Å²) in [5, 5.41) is 0. The van der Waals surface area contributed by atoms with Gasteiger partial charge in [-0.25, -0.2) is 0 Å². The standard InChI is InChI=1S/C4H9N3.C2H6/c1-4(7-6)2-3-5;1-2/h2-3,7H,1,5-6H2;1-2H3/b3-2-;. The molecule has 0 bridgehead atoms. The Kier molecular flexibility index (Phi) is 12.3. The summed E-state index contributed by atoms with van der Waals surface area (Å²) in [5.41, 5.74) is 7.87. The van der Waals surface area contributed by atoms with Crippen molar-refractivity contribution >= 4 is 0 Å². The predicted molar refractivity (Wildman–Crippen MR) is 41.1 cm³/mol. The molecule has 0 saturated heterocycles. The van der Waals surface area contributed by atoms with Crippen molar-refractivity contribution in [3.05, 3.63) is 24.6 Å². The largest absolute Gasteiger partial charge is 0.405 e. The molecule has 0 unspecified atom stereocenters. The molecule has 0 amide bonds. The summed E-state index contributed by atoms with van der Waals surface area (Å²) in [5.74, 6) is 4.90. The fourth-order valence-corrected chi connectivity index (χ4v) is 0.164. The smallest absolute Gasteiger partial charge is 0.0427 e. The Hall–Kier alpha value is -0.960. The van der Waals surface area contributed by atoms with Crippen LogP contribution in [0.15, 0.2) is 24.6 Å². The molecule has 0 aliphatic heterocycles. The number of hydrazine groups is 1. The van der Waals surface area contributed by atoms with E-state index in [9.17, 15) is 0 Å². The van der Waals surface area contributed by atoms with Gasteiger partial charge in [0.05, 0.1) is 0 Å². The molecule has 9 heavy (non-hydrogen) atoms. The van der Waals surface area contributed by atoms with Crippen LogP contribution in [0.1, 0.15) is 13.8 Å². The van der Waals surface area contributed by atoms with Crippen LogP contribution in [-0.4, -0.2) is 0 Å². The quantitative estimate of drug-likeness (QED) is 0.288. The van der Waals surface area contributed by atoms with Crippen molar-refractivity contribution in [1.29, 1.82) is 0 Å². The first-order chi connectivity index (χ1) is 4.31. The highest BCUT2D eigenvalue weighted by atomic mass is 15.2. The molecular weight excluding hydrogens is 114 g/mol. The zero-order valence-corrected chi connectivity index (χ0v) is 6.02. The first kappa shape index (κ1) is 10.9. The maximum Gasteiger partial charge on any atom is 0.0427 e. The number of nitrogens with one attached hydrogen (secondary N) is 1. The summed E-state index contributed by atoms with van der Waals surface area (Å²) >= 11 is 0. The highest BCUT2D eigenvalue weighted by molar-refractivity contribution is 5.09. The summed E-state index contributed by atoms with van der Waals surface area (Å²) < 4.78 is 0. The third-order valence-electron chi connectivity index (χ3n) is 0.483. The second-order valence-corrected chi connectivity index (χ2v) is 1.03. The van der Waals surface area contributed by atoms with Crippen LogP contribution in [0.3, 0.4) is 0 Å². The summed E-state index contributed by atoms with van der Waals surface area (Å²) in [4.78, 5) is 0. The molecule has 0 rings (SSSR count). The number of nitrogens with two attached hydrogens (primary N) is 2. The van der Waals surface area contributed by atoms with Gasteiger partial charge >= 0.3 is 0 Å². The van der Waals surface area contributed by atoms with Crippen molar-refractivity contribution in [2.75, 3.05) is 0 Å². The highest BCUT2D eigenvalue weighted by Crippen LogP contribution is 1.77. The van der Waals surface area contributed by atoms with Crippen LogP contribution < -0.4 is 17.0 Å². The summed E-state index contributed by atoms with van der Waals surface area (Å²) in [6.07, 6.45) is 2.93. The van der Waals surface area contributed by atoms with E-state index in [-0.39, 0.29) is 0 Å².